The van der Waals surface area contributed by atoms with E-state index >= 15 is 0 Å². The molecule has 6 nitrogen and oxygen atoms in total. The highest BCUT2D eigenvalue weighted by atomic mass is 16.6. The van der Waals surface area contributed by atoms with E-state index in [0.29, 0.717) is 18.4 Å². The van der Waals surface area contributed by atoms with Crippen molar-refractivity contribution >= 4 is 17.7 Å². The third-order valence-electron chi connectivity index (χ3n) is 6.49. The van der Waals surface area contributed by atoms with Crippen molar-refractivity contribution < 1.29 is 24.2 Å². The number of rotatable bonds is 16. The number of amides is 1. The van der Waals surface area contributed by atoms with Crippen LogP contribution in [0.15, 0.2) is 91.1 Å². The predicted molar refractivity (Wildman–Crippen MR) is 153 cm³/mol. The van der Waals surface area contributed by atoms with Crippen molar-refractivity contribution in [2.45, 2.75) is 59.7 Å². The smallest absolute Gasteiger partial charge is 0.404 e. The summed E-state index contributed by atoms with van der Waals surface area (Å²) < 4.78 is 5.31. The van der Waals surface area contributed by atoms with Crippen molar-refractivity contribution in [3.8, 4) is 0 Å². The van der Waals surface area contributed by atoms with E-state index in [1.165, 1.54) is 6.08 Å². The number of primary amides is 1. The van der Waals surface area contributed by atoms with Gasteiger partial charge in [0.05, 0.1) is 6.10 Å². The Morgan fingerprint density at radius 1 is 1.05 bits per heavy atom. The van der Waals surface area contributed by atoms with Crippen LogP contribution in [0.5, 0.6) is 0 Å². The van der Waals surface area contributed by atoms with Gasteiger partial charge in [-0.1, -0.05) is 107 Å². The van der Waals surface area contributed by atoms with Crippen molar-refractivity contribution in [3.63, 3.8) is 0 Å². The van der Waals surface area contributed by atoms with Gasteiger partial charge < -0.3 is 15.6 Å². The number of carbonyl (C=O) groups excluding carboxylic acids is 3. The largest absolute Gasteiger partial charge is 0.445 e. The molecule has 1 aromatic carbocycles. The second-order valence-electron chi connectivity index (χ2n) is 10.0. The Balaban J connectivity index is 2.77. The monoisotopic (exact) mass is 521 g/mol. The lowest BCUT2D eigenvalue weighted by Gasteiger charge is -2.31. The van der Waals surface area contributed by atoms with Crippen LogP contribution in [0.3, 0.4) is 0 Å². The molecule has 0 saturated carbocycles. The molecule has 0 bridgehead atoms. The van der Waals surface area contributed by atoms with E-state index < -0.39 is 30.1 Å². The van der Waals surface area contributed by atoms with Crippen LogP contribution >= 0.6 is 0 Å². The molecule has 0 aromatic heterocycles. The minimum absolute atomic E-state index is 0.00890. The molecule has 1 aromatic rings. The van der Waals surface area contributed by atoms with Gasteiger partial charge in [0, 0.05) is 30.1 Å². The first-order chi connectivity index (χ1) is 17.9. The molecule has 0 radical (unpaired) electrons. The fourth-order valence-corrected chi connectivity index (χ4v) is 4.39. The summed E-state index contributed by atoms with van der Waals surface area (Å²) in [6.07, 6.45) is 8.34. The third-order valence-corrected chi connectivity index (χ3v) is 6.49. The van der Waals surface area contributed by atoms with Crippen LogP contribution in [0.4, 0.5) is 4.79 Å². The molecule has 0 aliphatic carbocycles. The summed E-state index contributed by atoms with van der Waals surface area (Å²) in [6.45, 7) is 16.8. The minimum atomic E-state index is -0.953. The Labute approximate surface area is 227 Å². The van der Waals surface area contributed by atoms with Gasteiger partial charge in [0.2, 0.25) is 0 Å². The molecule has 206 valence electrons. The van der Waals surface area contributed by atoms with E-state index in [1.807, 2.05) is 63.3 Å². The number of nitrogens with two attached hydrogens (primary N) is 1. The summed E-state index contributed by atoms with van der Waals surface area (Å²) in [4.78, 5) is 36.6. The predicted octanol–water partition coefficient (Wildman–Crippen LogP) is 5.93. The second kappa shape index (κ2) is 16.4. The van der Waals surface area contributed by atoms with Crippen molar-refractivity contribution in [1.29, 1.82) is 0 Å². The summed E-state index contributed by atoms with van der Waals surface area (Å²) >= 11 is 0. The van der Waals surface area contributed by atoms with Crippen LogP contribution < -0.4 is 5.73 Å². The number of ether oxygens (including phenoxy) is 1. The highest BCUT2D eigenvalue weighted by molar-refractivity contribution is 5.93. The zero-order valence-corrected chi connectivity index (χ0v) is 23.3. The van der Waals surface area contributed by atoms with Crippen molar-refractivity contribution in [2.24, 2.45) is 29.4 Å². The van der Waals surface area contributed by atoms with Crippen LogP contribution in [-0.2, 0) is 20.7 Å². The molecular weight excluding hydrogens is 478 g/mol. The van der Waals surface area contributed by atoms with Gasteiger partial charge in [0.25, 0.3) is 0 Å². The summed E-state index contributed by atoms with van der Waals surface area (Å²) in [5, 5.41) is 10.9. The zero-order valence-electron chi connectivity index (χ0n) is 23.3. The second-order valence-corrected chi connectivity index (χ2v) is 10.0. The molecule has 6 atom stereocenters. The number of allylic oxidation sites excluding steroid dienone is 6. The van der Waals surface area contributed by atoms with E-state index in [9.17, 15) is 19.5 Å². The highest BCUT2D eigenvalue weighted by Gasteiger charge is 2.32. The lowest BCUT2D eigenvalue weighted by molar-refractivity contribution is -0.123. The van der Waals surface area contributed by atoms with Gasteiger partial charge in [-0.2, -0.15) is 0 Å². The molecule has 0 heterocycles. The Morgan fingerprint density at radius 2 is 1.68 bits per heavy atom. The molecule has 0 spiro atoms. The van der Waals surface area contributed by atoms with Gasteiger partial charge in [0.1, 0.15) is 11.9 Å². The van der Waals surface area contributed by atoms with Gasteiger partial charge in [-0.05, 0) is 30.6 Å². The molecule has 6 heteroatoms. The number of ketones is 2. The maximum absolute atomic E-state index is 12.9. The molecular formula is C32H43NO5. The van der Waals surface area contributed by atoms with Crippen molar-refractivity contribution in [3.05, 3.63) is 96.7 Å². The Kier molecular flexibility index (Phi) is 14.0. The number of carbonyl (C=O) groups is 3. The van der Waals surface area contributed by atoms with Gasteiger partial charge in [0.15, 0.2) is 5.78 Å². The molecule has 1 amide bonds. The van der Waals surface area contributed by atoms with Crippen LogP contribution in [0.2, 0.25) is 0 Å². The fraction of sp³-hybridized carbons (Fsp3) is 0.406. The number of Topliss-reactive ketones (excluding diaryl/α,β-unsaturated/α-hetero) is 1. The average Bonchev–Trinajstić information content (AvgIpc) is 2.87. The quantitative estimate of drug-likeness (QED) is 0.159. The van der Waals surface area contributed by atoms with Crippen molar-refractivity contribution in [2.75, 3.05) is 0 Å². The SMILES string of the molecule is C=C/C=C\[C@H](C)[C@H](OC(N)=O)[C@@H](C)[C@H](O)C(=C)C/C(C)=C\[C@H](C)C(=O)[C@@H](C)/C=C\C(=O)Cc1ccccc1. The van der Waals surface area contributed by atoms with Crippen molar-refractivity contribution in [1.82, 2.24) is 0 Å². The molecule has 0 fully saturated rings. The van der Waals surface area contributed by atoms with E-state index in [2.05, 4.69) is 13.2 Å². The Morgan fingerprint density at radius 3 is 2.26 bits per heavy atom. The molecule has 0 aliphatic heterocycles. The normalized spacial score (nSPS) is 16.8. The first kappa shape index (κ1) is 32.5. The highest BCUT2D eigenvalue weighted by Crippen LogP contribution is 2.27. The first-order valence-corrected chi connectivity index (χ1v) is 12.9. The summed E-state index contributed by atoms with van der Waals surface area (Å²) in [5.74, 6) is -1.53. The van der Waals surface area contributed by atoms with E-state index in [4.69, 9.17) is 10.5 Å². The molecule has 0 saturated heterocycles. The van der Waals surface area contributed by atoms with Crippen LogP contribution in [0.1, 0.15) is 46.6 Å². The molecule has 38 heavy (non-hydrogen) atoms. The summed E-state index contributed by atoms with van der Waals surface area (Å²) in [6, 6.07) is 9.47. The average molecular weight is 522 g/mol. The molecule has 0 unspecified atom stereocenters. The number of hydrogen-bond acceptors (Lipinski definition) is 5. The third kappa shape index (κ3) is 11.3. The number of hydrogen-bond donors (Lipinski definition) is 2. The first-order valence-electron chi connectivity index (χ1n) is 12.9. The maximum atomic E-state index is 12.9. The topological polar surface area (TPSA) is 107 Å². The van der Waals surface area contributed by atoms with E-state index in [-0.39, 0.29) is 23.4 Å². The standard InChI is InChI=1S/C32H43NO5/c1-8-9-13-23(4)31(38-32(33)37)26(7)30(36)25(6)19-21(2)18-24(5)29(35)22(3)16-17-28(34)20-27-14-11-10-12-15-27/h8-18,22-24,26,30-31,36H,1,6,19-20H2,2-5,7H3,(H2,33,37)/b13-9-,17-16-,21-18-/t22-,23-,24-,26-,30+,31-/m0/s1. The fourth-order valence-electron chi connectivity index (χ4n) is 4.39. The zero-order chi connectivity index (χ0) is 28.8. The van der Waals surface area contributed by atoms with Gasteiger partial charge in [-0.3, -0.25) is 9.59 Å². The maximum Gasteiger partial charge on any atom is 0.404 e. The lowest BCUT2D eigenvalue weighted by Crippen LogP contribution is -2.39. The minimum Gasteiger partial charge on any atom is -0.445 e. The van der Waals surface area contributed by atoms with Crippen LogP contribution in [0.25, 0.3) is 0 Å². The molecule has 0 aliphatic rings. The van der Waals surface area contributed by atoms with Crippen LogP contribution in [0, 0.1) is 23.7 Å². The number of benzene rings is 1. The number of aliphatic hydroxyl groups is 1. The molecule has 3 N–H and O–H groups in total. The van der Waals surface area contributed by atoms with E-state index in [0.717, 1.165) is 11.1 Å². The Bertz CT molecular complexity index is 1050. The molecule has 1 rings (SSSR count). The Hall–Kier alpha value is -3.51. The van der Waals surface area contributed by atoms with E-state index in [1.54, 1.807) is 32.1 Å². The van der Waals surface area contributed by atoms with Gasteiger partial charge in [-0.15, -0.1) is 0 Å². The van der Waals surface area contributed by atoms with Gasteiger partial charge in [-0.25, -0.2) is 4.79 Å². The lowest BCUT2D eigenvalue weighted by atomic mass is 9.84. The van der Waals surface area contributed by atoms with Crippen LogP contribution in [-0.4, -0.2) is 35.0 Å². The van der Waals surface area contributed by atoms with Gasteiger partial charge >= 0.3 is 6.09 Å². The summed E-state index contributed by atoms with van der Waals surface area (Å²) in [7, 11) is 0. The number of aliphatic hydroxyl groups excluding tert-OH is 1. The summed E-state index contributed by atoms with van der Waals surface area (Å²) in [5.41, 5.74) is 7.62.